The zero-order valence-electron chi connectivity index (χ0n) is 10.3. The highest BCUT2D eigenvalue weighted by Crippen LogP contribution is 2.16. The molecule has 1 aromatic rings. The van der Waals surface area contributed by atoms with Crippen molar-refractivity contribution in [3.05, 3.63) is 29.3 Å². The Balaban J connectivity index is 2.52. The normalized spacial score (nSPS) is 13.4. The van der Waals surface area contributed by atoms with Gasteiger partial charge >= 0.3 is 0 Å². The van der Waals surface area contributed by atoms with Gasteiger partial charge in [-0.1, -0.05) is 6.07 Å². The maximum absolute atomic E-state index is 10.8. The Hall–Kier alpha value is -1.07. The largest absolute Gasteiger partial charge is 0.494 e. The fraction of sp³-hybridized carbons (Fsp3) is 0.500. The van der Waals surface area contributed by atoms with Crippen LogP contribution < -0.4 is 4.74 Å². The number of hydrogen-bond acceptors (Lipinski definition) is 3. The smallest absolute Gasteiger partial charge is 0.267 e. The van der Waals surface area contributed by atoms with Gasteiger partial charge in [0, 0.05) is 6.42 Å². The maximum atomic E-state index is 10.8. The maximum Gasteiger partial charge on any atom is 0.267 e. The second-order valence-corrected chi connectivity index (χ2v) is 6.12. The third-order valence-corrected chi connectivity index (χ3v) is 3.75. The van der Waals surface area contributed by atoms with E-state index in [1.165, 1.54) is 6.92 Å². The molecule has 0 amide bonds. The molecular formula is C12H18O4S. The van der Waals surface area contributed by atoms with Crippen LogP contribution in [0.1, 0.15) is 24.5 Å². The molecule has 0 saturated carbocycles. The van der Waals surface area contributed by atoms with Crippen LogP contribution in [0.25, 0.3) is 0 Å². The lowest BCUT2D eigenvalue weighted by atomic mass is 10.1. The predicted molar refractivity (Wildman–Crippen MR) is 67.0 cm³/mol. The topological polar surface area (TPSA) is 63.6 Å². The minimum Gasteiger partial charge on any atom is -0.494 e. The standard InChI is InChI=1S/C12H18O4S/c1-9-6-10(2)8-12(7-9)16-5-4-11(3)17(13,14)15/h6-8,11H,4-5H2,1-3H3,(H,13,14,15). The number of benzene rings is 1. The van der Waals surface area contributed by atoms with Crippen LogP contribution in [0.2, 0.25) is 0 Å². The highest BCUT2D eigenvalue weighted by molar-refractivity contribution is 7.86. The predicted octanol–water partition coefficient (Wildman–Crippen LogP) is 2.35. The molecule has 0 fully saturated rings. The van der Waals surface area contributed by atoms with Gasteiger partial charge in [0.25, 0.3) is 10.1 Å². The van der Waals surface area contributed by atoms with Gasteiger partial charge in [0.05, 0.1) is 11.9 Å². The summed E-state index contributed by atoms with van der Waals surface area (Å²) >= 11 is 0. The summed E-state index contributed by atoms with van der Waals surface area (Å²) in [7, 11) is -3.95. The van der Waals surface area contributed by atoms with E-state index in [9.17, 15) is 8.42 Å². The lowest BCUT2D eigenvalue weighted by Crippen LogP contribution is -2.19. The molecule has 17 heavy (non-hydrogen) atoms. The van der Waals surface area contributed by atoms with Crippen molar-refractivity contribution in [3.63, 3.8) is 0 Å². The van der Waals surface area contributed by atoms with Gasteiger partial charge in [-0.25, -0.2) is 0 Å². The van der Waals surface area contributed by atoms with Crippen molar-refractivity contribution in [2.24, 2.45) is 0 Å². The molecule has 0 aliphatic carbocycles. The molecule has 0 aromatic heterocycles. The Morgan fingerprint density at radius 2 is 1.76 bits per heavy atom. The first-order valence-corrected chi connectivity index (χ1v) is 6.97. The van der Waals surface area contributed by atoms with Gasteiger partial charge in [-0.3, -0.25) is 4.55 Å². The lowest BCUT2D eigenvalue weighted by molar-refractivity contribution is 0.306. The van der Waals surface area contributed by atoms with Crippen molar-refractivity contribution in [2.45, 2.75) is 32.4 Å². The van der Waals surface area contributed by atoms with Crippen molar-refractivity contribution >= 4 is 10.1 Å². The quantitative estimate of drug-likeness (QED) is 0.823. The molecule has 0 aliphatic rings. The highest BCUT2D eigenvalue weighted by Gasteiger charge is 2.16. The van der Waals surface area contributed by atoms with Crippen molar-refractivity contribution in [1.29, 1.82) is 0 Å². The van der Waals surface area contributed by atoms with E-state index in [2.05, 4.69) is 0 Å². The van der Waals surface area contributed by atoms with Gasteiger partial charge < -0.3 is 4.74 Å². The summed E-state index contributed by atoms with van der Waals surface area (Å²) in [5, 5.41) is -0.798. The highest BCUT2D eigenvalue weighted by atomic mass is 32.2. The molecule has 0 spiro atoms. The molecule has 96 valence electrons. The van der Waals surface area contributed by atoms with Crippen molar-refractivity contribution in [1.82, 2.24) is 0 Å². The fourth-order valence-electron chi connectivity index (χ4n) is 1.51. The van der Waals surface area contributed by atoms with Crippen LogP contribution in [0.4, 0.5) is 0 Å². The summed E-state index contributed by atoms with van der Waals surface area (Å²) in [6.07, 6.45) is 0.270. The van der Waals surface area contributed by atoms with E-state index in [0.29, 0.717) is 0 Å². The molecule has 4 nitrogen and oxygen atoms in total. The van der Waals surface area contributed by atoms with E-state index >= 15 is 0 Å². The summed E-state index contributed by atoms with van der Waals surface area (Å²) in [6.45, 7) is 5.67. The van der Waals surface area contributed by atoms with Crippen LogP contribution in [-0.4, -0.2) is 24.8 Å². The monoisotopic (exact) mass is 258 g/mol. The molecular weight excluding hydrogens is 240 g/mol. The minimum atomic E-state index is -3.95. The summed E-state index contributed by atoms with van der Waals surface area (Å²) in [4.78, 5) is 0. The van der Waals surface area contributed by atoms with Gasteiger partial charge in [0.15, 0.2) is 0 Å². The summed E-state index contributed by atoms with van der Waals surface area (Å²) in [5.74, 6) is 0.727. The van der Waals surface area contributed by atoms with Crippen LogP contribution in [0.15, 0.2) is 18.2 Å². The Morgan fingerprint density at radius 1 is 1.24 bits per heavy atom. The Kier molecular flexibility index (Phi) is 4.54. The van der Waals surface area contributed by atoms with E-state index in [4.69, 9.17) is 9.29 Å². The molecule has 1 aromatic carbocycles. The minimum absolute atomic E-state index is 0.268. The lowest BCUT2D eigenvalue weighted by Gasteiger charge is -2.10. The molecule has 1 rings (SSSR count). The first kappa shape index (κ1) is 14.0. The van der Waals surface area contributed by atoms with Crippen molar-refractivity contribution < 1.29 is 17.7 Å². The van der Waals surface area contributed by atoms with E-state index in [-0.39, 0.29) is 13.0 Å². The zero-order chi connectivity index (χ0) is 13.1. The molecule has 1 unspecified atom stereocenters. The van der Waals surface area contributed by atoms with E-state index in [0.717, 1.165) is 16.9 Å². The number of aryl methyl sites for hydroxylation is 2. The first-order valence-electron chi connectivity index (χ1n) is 5.46. The summed E-state index contributed by atoms with van der Waals surface area (Å²) in [6, 6.07) is 5.82. The summed E-state index contributed by atoms with van der Waals surface area (Å²) in [5.41, 5.74) is 2.20. The molecule has 0 heterocycles. The van der Waals surface area contributed by atoms with Crippen LogP contribution in [0, 0.1) is 13.8 Å². The van der Waals surface area contributed by atoms with Crippen molar-refractivity contribution in [3.8, 4) is 5.75 Å². The van der Waals surface area contributed by atoms with Gasteiger partial charge in [-0.05, 0) is 44.0 Å². The molecule has 5 heteroatoms. The Labute approximate surface area is 102 Å². The fourth-order valence-corrected chi connectivity index (χ4v) is 1.90. The summed E-state index contributed by atoms with van der Waals surface area (Å²) < 4.78 is 35.8. The molecule has 0 aliphatic heterocycles. The molecule has 0 radical (unpaired) electrons. The van der Waals surface area contributed by atoms with Crippen molar-refractivity contribution in [2.75, 3.05) is 6.61 Å². The number of ether oxygens (including phenoxy) is 1. The van der Waals surface area contributed by atoms with Crippen LogP contribution in [0.3, 0.4) is 0 Å². The van der Waals surface area contributed by atoms with Crippen LogP contribution >= 0.6 is 0 Å². The van der Waals surface area contributed by atoms with Gasteiger partial charge in [0.2, 0.25) is 0 Å². The third kappa shape index (κ3) is 4.75. The molecule has 0 bridgehead atoms. The van der Waals surface area contributed by atoms with Gasteiger partial charge in [-0.2, -0.15) is 8.42 Å². The van der Waals surface area contributed by atoms with Gasteiger partial charge in [0.1, 0.15) is 5.75 Å². The molecule has 0 saturated heterocycles. The first-order chi connectivity index (χ1) is 7.79. The average Bonchev–Trinajstić information content (AvgIpc) is 2.14. The van der Waals surface area contributed by atoms with E-state index in [1.807, 2.05) is 32.0 Å². The van der Waals surface area contributed by atoms with Crippen LogP contribution in [-0.2, 0) is 10.1 Å². The molecule has 1 atom stereocenters. The second-order valence-electron chi connectivity index (χ2n) is 4.29. The zero-order valence-corrected chi connectivity index (χ0v) is 11.1. The Morgan fingerprint density at radius 3 is 2.24 bits per heavy atom. The SMILES string of the molecule is Cc1cc(C)cc(OCCC(C)S(=O)(=O)O)c1. The van der Waals surface area contributed by atoms with Crippen LogP contribution in [0.5, 0.6) is 5.75 Å². The number of hydrogen-bond donors (Lipinski definition) is 1. The van der Waals surface area contributed by atoms with E-state index in [1.54, 1.807) is 0 Å². The number of rotatable bonds is 5. The molecule has 1 N–H and O–H groups in total. The van der Waals surface area contributed by atoms with E-state index < -0.39 is 15.4 Å². The average molecular weight is 258 g/mol. The Bertz CT molecular complexity index is 459. The second kappa shape index (κ2) is 5.51. The van der Waals surface area contributed by atoms with Gasteiger partial charge in [-0.15, -0.1) is 0 Å². The third-order valence-electron chi connectivity index (χ3n) is 2.50.